The highest BCUT2D eigenvalue weighted by Gasteiger charge is 2.23. The van der Waals surface area contributed by atoms with Crippen LogP contribution in [0.1, 0.15) is 6.92 Å². The highest BCUT2D eigenvalue weighted by atomic mass is 16.7. The number of rotatable bonds is 5. The number of hydrogen-bond acceptors (Lipinski definition) is 3. The number of para-hydroxylation sites is 1. The molecule has 0 heterocycles. The number of methoxy groups -OCH3 is 2. The first-order chi connectivity index (χ1) is 6.70. The number of hydrogen-bond donors (Lipinski definition) is 0. The molecule has 0 atom stereocenters. The van der Waals surface area contributed by atoms with Gasteiger partial charge in [-0.2, -0.15) is 0 Å². The van der Waals surface area contributed by atoms with Gasteiger partial charge in [-0.25, -0.2) is 0 Å². The van der Waals surface area contributed by atoms with Crippen LogP contribution in [0.3, 0.4) is 0 Å². The monoisotopic (exact) mass is 195 g/mol. The second kappa shape index (κ2) is 4.98. The maximum Gasteiger partial charge on any atom is 0.199 e. The molecule has 1 aromatic rings. The zero-order chi connectivity index (χ0) is 10.4. The van der Waals surface area contributed by atoms with E-state index in [0.29, 0.717) is 12.4 Å². The summed E-state index contributed by atoms with van der Waals surface area (Å²) in [5.41, 5.74) is 0. The van der Waals surface area contributed by atoms with Crippen molar-refractivity contribution in [2.24, 2.45) is 0 Å². The van der Waals surface area contributed by atoms with Crippen LogP contribution in [0.15, 0.2) is 24.3 Å². The van der Waals surface area contributed by atoms with E-state index < -0.39 is 5.79 Å². The molecular weight excluding hydrogens is 180 g/mol. The lowest BCUT2D eigenvalue weighted by atomic mass is 10.3. The molecule has 0 aliphatic heterocycles. The third-order valence-corrected chi connectivity index (χ3v) is 2.03. The summed E-state index contributed by atoms with van der Waals surface area (Å²) in [6, 6.07) is 10.4. The Morgan fingerprint density at radius 2 is 2.00 bits per heavy atom. The van der Waals surface area contributed by atoms with E-state index in [9.17, 15) is 0 Å². The predicted molar refractivity (Wildman–Crippen MR) is 53.2 cm³/mol. The van der Waals surface area contributed by atoms with E-state index in [4.69, 9.17) is 14.2 Å². The molecule has 1 rings (SSSR count). The lowest BCUT2D eigenvalue weighted by molar-refractivity contribution is -0.209. The Morgan fingerprint density at radius 1 is 1.29 bits per heavy atom. The largest absolute Gasteiger partial charge is 0.487 e. The van der Waals surface area contributed by atoms with Gasteiger partial charge in [-0.3, -0.25) is 0 Å². The quantitative estimate of drug-likeness (QED) is 0.671. The van der Waals surface area contributed by atoms with Crippen LogP contribution in [0.25, 0.3) is 0 Å². The van der Waals surface area contributed by atoms with Gasteiger partial charge in [0.05, 0.1) is 0 Å². The van der Waals surface area contributed by atoms with E-state index in [1.807, 2.05) is 25.1 Å². The van der Waals surface area contributed by atoms with Crippen molar-refractivity contribution in [2.75, 3.05) is 20.8 Å². The molecule has 0 amide bonds. The Morgan fingerprint density at radius 3 is 2.50 bits per heavy atom. The Kier molecular flexibility index (Phi) is 3.92. The van der Waals surface area contributed by atoms with Gasteiger partial charge in [0.25, 0.3) is 0 Å². The zero-order valence-electron chi connectivity index (χ0n) is 8.74. The van der Waals surface area contributed by atoms with Gasteiger partial charge in [0, 0.05) is 20.3 Å². The van der Waals surface area contributed by atoms with E-state index in [0.717, 1.165) is 0 Å². The van der Waals surface area contributed by atoms with E-state index in [-0.39, 0.29) is 0 Å². The highest BCUT2D eigenvalue weighted by Crippen LogP contribution is 2.14. The van der Waals surface area contributed by atoms with Crippen molar-refractivity contribution in [3.63, 3.8) is 0 Å². The number of ether oxygens (including phenoxy) is 3. The van der Waals surface area contributed by atoms with Crippen LogP contribution in [0, 0.1) is 6.07 Å². The highest BCUT2D eigenvalue weighted by molar-refractivity contribution is 5.19. The molecule has 77 valence electrons. The molecule has 0 saturated carbocycles. The second-order valence-electron chi connectivity index (χ2n) is 3.06. The summed E-state index contributed by atoms with van der Waals surface area (Å²) in [4.78, 5) is 0. The molecule has 3 heteroatoms. The standard InChI is InChI=1S/C11H15O3/c1-11(12-2,13-3)9-14-10-7-5-4-6-8-10/h4-7H,9H2,1-3H3. The maximum atomic E-state index is 5.45. The Bertz CT molecular complexity index is 254. The van der Waals surface area contributed by atoms with E-state index >= 15 is 0 Å². The van der Waals surface area contributed by atoms with Gasteiger partial charge in [-0.05, 0) is 13.0 Å². The molecular formula is C11H15O3. The minimum absolute atomic E-state index is 0.334. The molecule has 0 bridgehead atoms. The van der Waals surface area contributed by atoms with Crippen LogP contribution in [0.5, 0.6) is 5.75 Å². The first-order valence-electron chi connectivity index (χ1n) is 4.40. The second-order valence-corrected chi connectivity index (χ2v) is 3.06. The third kappa shape index (κ3) is 3.01. The van der Waals surface area contributed by atoms with Gasteiger partial charge >= 0.3 is 0 Å². The molecule has 0 N–H and O–H groups in total. The summed E-state index contributed by atoms with van der Waals surface area (Å²) in [5.74, 6) is -0.0169. The van der Waals surface area contributed by atoms with Gasteiger partial charge in [0.15, 0.2) is 5.79 Å². The molecule has 0 saturated heterocycles. The first-order valence-corrected chi connectivity index (χ1v) is 4.40. The topological polar surface area (TPSA) is 27.7 Å². The fourth-order valence-corrected chi connectivity index (χ4v) is 0.877. The van der Waals surface area contributed by atoms with Crippen molar-refractivity contribution < 1.29 is 14.2 Å². The minimum Gasteiger partial charge on any atom is -0.487 e. The number of benzene rings is 1. The van der Waals surface area contributed by atoms with Crippen molar-refractivity contribution in [1.29, 1.82) is 0 Å². The summed E-state index contributed by atoms with van der Waals surface area (Å²) in [6.07, 6.45) is 0. The summed E-state index contributed by atoms with van der Waals surface area (Å²) >= 11 is 0. The minimum atomic E-state index is -0.705. The summed E-state index contributed by atoms with van der Waals surface area (Å²) in [5, 5.41) is 0. The maximum absolute atomic E-state index is 5.45. The lowest BCUT2D eigenvalue weighted by Gasteiger charge is -2.25. The average Bonchev–Trinajstić information content (AvgIpc) is 2.27. The molecule has 0 unspecified atom stereocenters. The summed E-state index contributed by atoms with van der Waals surface area (Å²) in [6.45, 7) is 2.15. The van der Waals surface area contributed by atoms with Gasteiger partial charge in [0.1, 0.15) is 12.4 Å². The normalized spacial score (nSPS) is 11.4. The van der Waals surface area contributed by atoms with Crippen LogP contribution in [-0.4, -0.2) is 26.6 Å². The Balaban J connectivity index is 2.48. The molecule has 0 aliphatic rings. The molecule has 0 aromatic heterocycles. The molecule has 0 fully saturated rings. The molecule has 0 aliphatic carbocycles. The van der Waals surface area contributed by atoms with Crippen LogP contribution in [0.4, 0.5) is 0 Å². The first kappa shape index (κ1) is 11.0. The van der Waals surface area contributed by atoms with Gasteiger partial charge < -0.3 is 14.2 Å². The van der Waals surface area contributed by atoms with Crippen LogP contribution >= 0.6 is 0 Å². The van der Waals surface area contributed by atoms with Gasteiger partial charge in [-0.15, -0.1) is 0 Å². The predicted octanol–water partition coefficient (Wildman–Crippen LogP) is 1.87. The van der Waals surface area contributed by atoms with E-state index in [2.05, 4.69) is 6.07 Å². The van der Waals surface area contributed by atoms with Crippen LogP contribution in [-0.2, 0) is 9.47 Å². The Hall–Kier alpha value is -1.06. The smallest absolute Gasteiger partial charge is 0.199 e. The van der Waals surface area contributed by atoms with Gasteiger partial charge in [-0.1, -0.05) is 18.2 Å². The van der Waals surface area contributed by atoms with Crippen molar-refractivity contribution >= 4 is 0 Å². The third-order valence-electron chi connectivity index (χ3n) is 2.03. The van der Waals surface area contributed by atoms with Crippen molar-refractivity contribution in [3.8, 4) is 5.75 Å². The lowest BCUT2D eigenvalue weighted by Crippen LogP contribution is -2.36. The fraction of sp³-hybridized carbons (Fsp3) is 0.455. The van der Waals surface area contributed by atoms with Crippen molar-refractivity contribution in [3.05, 3.63) is 30.3 Å². The fourth-order valence-electron chi connectivity index (χ4n) is 0.877. The van der Waals surface area contributed by atoms with Crippen LogP contribution < -0.4 is 4.74 Å². The molecule has 0 spiro atoms. The van der Waals surface area contributed by atoms with Gasteiger partial charge in [0.2, 0.25) is 0 Å². The summed E-state index contributed by atoms with van der Waals surface area (Å²) in [7, 11) is 3.17. The van der Waals surface area contributed by atoms with Crippen LogP contribution in [0.2, 0.25) is 0 Å². The molecule has 1 radical (unpaired) electrons. The molecule has 3 nitrogen and oxygen atoms in total. The SMILES string of the molecule is COC(C)(COc1[c]cccc1)OC. The van der Waals surface area contributed by atoms with Crippen molar-refractivity contribution in [1.82, 2.24) is 0 Å². The molecule has 14 heavy (non-hydrogen) atoms. The van der Waals surface area contributed by atoms with E-state index in [1.54, 1.807) is 20.3 Å². The average molecular weight is 195 g/mol. The Labute approximate surface area is 84.6 Å². The van der Waals surface area contributed by atoms with E-state index in [1.165, 1.54) is 0 Å². The van der Waals surface area contributed by atoms with Crippen molar-refractivity contribution in [2.45, 2.75) is 12.7 Å². The summed E-state index contributed by atoms with van der Waals surface area (Å²) < 4.78 is 15.7. The molecule has 1 aromatic carbocycles. The zero-order valence-corrected chi connectivity index (χ0v) is 8.74.